The highest BCUT2D eigenvalue weighted by molar-refractivity contribution is 8.01. The molecule has 1 heterocycles. The van der Waals surface area contributed by atoms with Gasteiger partial charge in [0.2, 0.25) is 5.91 Å². The highest BCUT2D eigenvalue weighted by Crippen LogP contribution is 2.59. The summed E-state index contributed by atoms with van der Waals surface area (Å²) in [5.74, 6) is 3.44. The molecule has 1 N–H and O–H groups in total. The normalized spacial score (nSPS) is 35.8. The van der Waals surface area contributed by atoms with Crippen molar-refractivity contribution in [2.45, 2.75) is 49.8 Å². The lowest BCUT2D eigenvalue weighted by Gasteiger charge is -2.56. The molecule has 0 radical (unpaired) electrons. The summed E-state index contributed by atoms with van der Waals surface area (Å²) in [7, 11) is 0. The zero-order chi connectivity index (χ0) is 15.2. The number of carbonyl (C=O) groups is 1. The van der Waals surface area contributed by atoms with Gasteiger partial charge in [-0.3, -0.25) is 4.79 Å². The van der Waals surface area contributed by atoms with Crippen LogP contribution in [-0.2, 0) is 4.79 Å². The van der Waals surface area contributed by atoms with Crippen LogP contribution in [0.3, 0.4) is 0 Å². The molecule has 120 valence electrons. The van der Waals surface area contributed by atoms with Gasteiger partial charge in [-0.2, -0.15) is 0 Å². The molecule has 4 nitrogen and oxygen atoms in total. The van der Waals surface area contributed by atoms with Gasteiger partial charge in [-0.25, -0.2) is 0 Å². The third-order valence-corrected chi connectivity index (χ3v) is 7.63. The largest absolute Gasteiger partial charge is 0.355 e. The lowest BCUT2D eigenvalue weighted by molar-refractivity contribution is -0.120. The highest BCUT2D eigenvalue weighted by Gasteiger charge is 2.50. The van der Waals surface area contributed by atoms with Crippen molar-refractivity contribution in [1.29, 1.82) is 0 Å². The number of thioether (sulfide) groups is 1. The Morgan fingerprint density at radius 3 is 2.41 bits per heavy atom. The Morgan fingerprint density at radius 1 is 1.23 bits per heavy atom. The van der Waals surface area contributed by atoms with Crippen molar-refractivity contribution in [1.82, 2.24) is 15.5 Å². The Bertz CT molecular complexity index is 536. The second-order valence-corrected chi connectivity index (χ2v) is 9.97. The predicted molar refractivity (Wildman–Crippen MR) is 89.0 cm³/mol. The number of aromatic nitrogens is 2. The average molecular weight is 338 g/mol. The second-order valence-electron chi connectivity index (χ2n) is 7.57. The Kier molecular flexibility index (Phi) is 3.93. The lowest BCUT2D eigenvalue weighted by atomic mass is 9.49. The van der Waals surface area contributed by atoms with Crippen LogP contribution in [0.15, 0.2) is 4.34 Å². The van der Waals surface area contributed by atoms with E-state index in [9.17, 15) is 4.79 Å². The van der Waals surface area contributed by atoms with Crippen LogP contribution in [0.1, 0.15) is 43.5 Å². The van der Waals surface area contributed by atoms with E-state index >= 15 is 0 Å². The van der Waals surface area contributed by atoms with Gasteiger partial charge in [0, 0.05) is 6.54 Å². The van der Waals surface area contributed by atoms with Crippen molar-refractivity contribution in [2.24, 2.45) is 23.2 Å². The molecule has 22 heavy (non-hydrogen) atoms. The third-order valence-electron chi connectivity index (χ3n) is 5.66. The summed E-state index contributed by atoms with van der Waals surface area (Å²) in [4.78, 5) is 12.1. The van der Waals surface area contributed by atoms with E-state index in [1.54, 1.807) is 11.3 Å². The number of hydrogen-bond donors (Lipinski definition) is 1. The molecular formula is C16H23N3OS2. The number of rotatable bonds is 5. The number of amides is 1. The maximum Gasteiger partial charge on any atom is 0.230 e. The zero-order valence-electron chi connectivity index (χ0n) is 13.0. The predicted octanol–water partition coefficient (Wildman–Crippen LogP) is 3.27. The molecule has 0 spiro atoms. The van der Waals surface area contributed by atoms with Crippen molar-refractivity contribution in [3.05, 3.63) is 5.01 Å². The van der Waals surface area contributed by atoms with E-state index in [2.05, 4.69) is 15.5 Å². The first-order valence-electron chi connectivity index (χ1n) is 8.30. The molecule has 0 unspecified atom stereocenters. The summed E-state index contributed by atoms with van der Waals surface area (Å²) < 4.78 is 0.891. The van der Waals surface area contributed by atoms with Gasteiger partial charge < -0.3 is 5.32 Å². The van der Waals surface area contributed by atoms with Crippen LogP contribution in [0.2, 0.25) is 0 Å². The first kappa shape index (κ1) is 14.9. The Hall–Kier alpha value is -0.620. The minimum Gasteiger partial charge on any atom is -0.355 e. The number of hydrogen-bond acceptors (Lipinski definition) is 5. The third kappa shape index (κ3) is 3.04. The van der Waals surface area contributed by atoms with Crippen molar-refractivity contribution in [2.75, 3.05) is 12.3 Å². The highest BCUT2D eigenvalue weighted by atomic mass is 32.2. The fourth-order valence-electron chi connectivity index (χ4n) is 5.31. The van der Waals surface area contributed by atoms with E-state index in [4.69, 9.17) is 0 Å². The van der Waals surface area contributed by atoms with Crippen LogP contribution < -0.4 is 5.32 Å². The molecule has 4 fully saturated rings. The molecule has 0 saturated heterocycles. The Morgan fingerprint density at radius 2 is 1.86 bits per heavy atom. The van der Waals surface area contributed by atoms with Crippen molar-refractivity contribution in [3.8, 4) is 0 Å². The Labute approximate surface area is 139 Å². The topological polar surface area (TPSA) is 54.9 Å². The number of carbonyl (C=O) groups excluding carboxylic acids is 1. The fraction of sp³-hybridized carbons (Fsp3) is 0.812. The molecule has 1 aromatic heterocycles. The van der Waals surface area contributed by atoms with E-state index in [0.29, 0.717) is 11.2 Å². The molecule has 4 aliphatic rings. The van der Waals surface area contributed by atoms with Crippen LogP contribution in [0, 0.1) is 30.1 Å². The molecule has 6 heteroatoms. The van der Waals surface area contributed by atoms with Crippen molar-refractivity contribution in [3.63, 3.8) is 0 Å². The zero-order valence-corrected chi connectivity index (χ0v) is 14.6. The SMILES string of the molecule is Cc1nnc(SCC(=O)NCC23CC4CC(CC(C4)C2)C3)s1. The average Bonchev–Trinajstić information content (AvgIpc) is 2.87. The summed E-state index contributed by atoms with van der Waals surface area (Å²) in [5.41, 5.74) is 0.425. The molecule has 0 aromatic carbocycles. The first-order chi connectivity index (χ1) is 10.6. The number of aryl methyl sites for hydroxylation is 1. The summed E-state index contributed by atoms with van der Waals surface area (Å²) in [6.07, 6.45) is 8.42. The minimum atomic E-state index is 0.147. The van der Waals surface area contributed by atoms with E-state index in [-0.39, 0.29) is 5.91 Å². The molecular weight excluding hydrogens is 314 g/mol. The van der Waals surface area contributed by atoms with E-state index in [1.165, 1.54) is 50.3 Å². The molecule has 5 rings (SSSR count). The minimum absolute atomic E-state index is 0.147. The molecule has 0 atom stereocenters. The van der Waals surface area contributed by atoms with Crippen LogP contribution in [0.4, 0.5) is 0 Å². The monoisotopic (exact) mass is 337 g/mol. The van der Waals surface area contributed by atoms with E-state index in [0.717, 1.165) is 33.6 Å². The molecule has 4 bridgehead atoms. The summed E-state index contributed by atoms with van der Waals surface area (Å²) >= 11 is 3.06. The van der Waals surface area contributed by atoms with E-state index in [1.807, 2.05) is 6.92 Å². The van der Waals surface area contributed by atoms with Crippen LogP contribution >= 0.6 is 23.1 Å². The van der Waals surface area contributed by atoms with Crippen LogP contribution in [-0.4, -0.2) is 28.4 Å². The number of nitrogens with zero attached hydrogens (tertiary/aromatic N) is 2. The molecule has 4 aliphatic carbocycles. The van der Waals surface area contributed by atoms with Gasteiger partial charge in [0.1, 0.15) is 5.01 Å². The van der Waals surface area contributed by atoms with Crippen molar-refractivity contribution >= 4 is 29.0 Å². The summed E-state index contributed by atoms with van der Waals surface area (Å²) in [6.45, 7) is 2.83. The smallest absolute Gasteiger partial charge is 0.230 e. The van der Waals surface area contributed by atoms with Crippen LogP contribution in [0.25, 0.3) is 0 Å². The summed E-state index contributed by atoms with van der Waals surface area (Å²) in [6, 6.07) is 0. The van der Waals surface area contributed by atoms with Crippen LogP contribution in [0.5, 0.6) is 0 Å². The quantitative estimate of drug-likeness (QED) is 0.838. The molecule has 0 aliphatic heterocycles. The van der Waals surface area contributed by atoms with Gasteiger partial charge in [-0.1, -0.05) is 23.1 Å². The second kappa shape index (κ2) is 5.78. The molecule has 4 saturated carbocycles. The van der Waals surface area contributed by atoms with Gasteiger partial charge in [0.05, 0.1) is 5.75 Å². The maximum atomic E-state index is 12.1. The van der Waals surface area contributed by atoms with Gasteiger partial charge in [-0.15, -0.1) is 10.2 Å². The van der Waals surface area contributed by atoms with Gasteiger partial charge >= 0.3 is 0 Å². The van der Waals surface area contributed by atoms with Gasteiger partial charge in [-0.05, 0) is 68.6 Å². The Balaban J connectivity index is 1.28. The van der Waals surface area contributed by atoms with Gasteiger partial charge in [0.15, 0.2) is 4.34 Å². The molecule has 1 aromatic rings. The van der Waals surface area contributed by atoms with Gasteiger partial charge in [0.25, 0.3) is 0 Å². The summed E-state index contributed by atoms with van der Waals surface area (Å²) in [5, 5.41) is 12.2. The number of nitrogens with one attached hydrogen (secondary N) is 1. The fourth-order valence-corrected chi connectivity index (χ4v) is 6.95. The van der Waals surface area contributed by atoms with Crippen molar-refractivity contribution < 1.29 is 4.79 Å². The standard InChI is InChI=1S/C16H23N3OS2/c1-10-18-19-15(22-10)21-8-14(20)17-9-16-5-11-2-12(6-16)4-13(3-11)7-16/h11-13H,2-9H2,1H3,(H,17,20). The van der Waals surface area contributed by atoms with E-state index < -0.39 is 0 Å². The molecule has 1 amide bonds. The first-order valence-corrected chi connectivity index (χ1v) is 10.1. The maximum absolute atomic E-state index is 12.1. The lowest BCUT2D eigenvalue weighted by Crippen LogP contribution is -2.51.